The summed E-state index contributed by atoms with van der Waals surface area (Å²) in [6, 6.07) is 5.90. The van der Waals surface area contributed by atoms with Crippen molar-refractivity contribution in [1.82, 2.24) is 9.88 Å². The van der Waals surface area contributed by atoms with Crippen LogP contribution in [0.5, 0.6) is 0 Å². The number of nitrogens with zero attached hydrogens (tertiary/aromatic N) is 2. The van der Waals surface area contributed by atoms with Crippen LogP contribution < -0.4 is 0 Å². The van der Waals surface area contributed by atoms with E-state index in [4.69, 9.17) is 4.74 Å². The average molecular weight is 384 g/mol. The number of amides is 1. The number of carbonyl (C=O) groups is 1. The smallest absolute Gasteiger partial charge is 0.376 e. The van der Waals surface area contributed by atoms with Crippen molar-refractivity contribution in [3.8, 4) is 0 Å². The second kappa shape index (κ2) is 7.75. The van der Waals surface area contributed by atoms with Gasteiger partial charge >= 0.3 is 6.18 Å². The van der Waals surface area contributed by atoms with Crippen LogP contribution in [0.1, 0.15) is 39.5 Å². The van der Waals surface area contributed by atoms with Crippen LogP contribution >= 0.6 is 11.3 Å². The minimum atomic E-state index is -4.53. The Morgan fingerprint density at radius 3 is 2.77 bits per heavy atom. The predicted octanol–water partition coefficient (Wildman–Crippen LogP) is 4.29. The highest BCUT2D eigenvalue weighted by molar-refractivity contribution is 7.09. The van der Waals surface area contributed by atoms with Gasteiger partial charge in [0.05, 0.1) is 23.9 Å². The van der Waals surface area contributed by atoms with Crippen LogP contribution in [0.4, 0.5) is 13.2 Å². The van der Waals surface area contributed by atoms with Crippen molar-refractivity contribution in [2.75, 3.05) is 13.2 Å². The SMILES string of the molecule is Cc1nc(C(F)(F)F)ccc1C(=O)N(Cc1cccs1)CC1CCCO1. The molecule has 1 unspecified atom stereocenters. The largest absolute Gasteiger partial charge is 0.433 e. The highest BCUT2D eigenvalue weighted by Gasteiger charge is 2.33. The molecule has 0 N–H and O–H groups in total. The zero-order valence-corrected chi connectivity index (χ0v) is 15.1. The Bertz CT molecular complexity index is 756. The first-order valence-corrected chi connectivity index (χ1v) is 9.20. The van der Waals surface area contributed by atoms with Crippen LogP contribution in [0.3, 0.4) is 0 Å². The third-order valence-electron chi connectivity index (χ3n) is 4.27. The average Bonchev–Trinajstić information content (AvgIpc) is 3.26. The summed E-state index contributed by atoms with van der Waals surface area (Å²) in [6.45, 7) is 2.92. The fourth-order valence-corrected chi connectivity index (χ4v) is 3.68. The summed E-state index contributed by atoms with van der Waals surface area (Å²) < 4.78 is 44.1. The van der Waals surface area contributed by atoms with E-state index >= 15 is 0 Å². The van der Waals surface area contributed by atoms with E-state index in [2.05, 4.69) is 4.98 Å². The molecule has 3 heterocycles. The number of ether oxygens (including phenoxy) is 1. The molecular weight excluding hydrogens is 365 g/mol. The van der Waals surface area contributed by atoms with Gasteiger partial charge in [0.15, 0.2) is 0 Å². The van der Waals surface area contributed by atoms with Gasteiger partial charge in [-0.3, -0.25) is 4.79 Å². The van der Waals surface area contributed by atoms with Gasteiger partial charge in [-0.1, -0.05) is 6.07 Å². The number of halogens is 3. The zero-order valence-electron chi connectivity index (χ0n) is 14.3. The zero-order chi connectivity index (χ0) is 18.7. The molecule has 140 valence electrons. The summed E-state index contributed by atoms with van der Waals surface area (Å²) in [7, 11) is 0. The van der Waals surface area contributed by atoms with Crippen LogP contribution in [-0.4, -0.2) is 35.0 Å². The molecule has 0 bridgehead atoms. The summed E-state index contributed by atoms with van der Waals surface area (Å²) in [5, 5.41) is 1.93. The summed E-state index contributed by atoms with van der Waals surface area (Å²) in [5.41, 5.74) is -0.726. The molecule has 1 amide bonds. The Morgan fingerprint density at radius 1 is 1.38 bits per heavy atom. The molecule has 2 aromatic rings. The van der Waals surface area contributed by atoms with Crippen LogP contribution in [0.2, 0.25) is 0 Å². The van der Waals surface area contributed by atoms with Crippen molar-refractivity contribution in [3.05, 3.63) is 51.5 Å². The number of hydrogen-bond donors (Lipinski definition) is 0. The summed E-state index contributed by atoms with van der Waals surface area (Å²) in [5.74, 6) is -0.326. The van der Waals surface area contributed by atoms with Gasteiger partial charge in [-0.05, 0) is 43.3 Å². The molecule has 0 spiro atoms. The fourth-order valence-electron chi connectivity index (χ4n) is 2.96. The lowest BCUT2D eigenvalue weighted by atomic mass is 10.1. The Morgan fingerprint density at radius 2 is 2.19 bits per heavy atom. The lowest BCUT2D eigenvalue weighted by Gasteiger charge is -2.25. The maximum Gasteiger partial charge on any atom is 0.433 e. The van der Waals surface area contributed by atoms with Gasteiger partial charge in [0.2, 0.25) is 0 Å². The second-order valence-electron chi connectivity index (χ2n) is 6.23. The molecule has 1 atom stereocenters. The van der Waals surface area contributed by atoms with E-state index in [0.29, 0.717) is 19.7 Å². The number of carbonyl (C=O) groups excluding carboxylic acids is 1. The minimum Gasteiger partial charge on any atom is -0.376 e. The van der Waals surface area contributed by atoms with Crippen molar-refractivity contribution in [3.63, 3.8) is 0 Å². The molecule has 1 saturated heterocycles. The highest BCUT2D eigenvalue weighted by Crippen LogP contribution is 2.28. The third kappa shape index (κ3) is 4.42. The lowest BCUT2D eigenvalue weighted by molar-refractivity contribution is -0.141. The van der Waals surface area contributed by atoms with E-state index in [1.165, 1.54) is 24.3 Å². The van der Waals surface area contributed by atoms with Gasteiger partial charge in [-0.2, -0.15) is 13.2 Å². The normalized spacial score (nSPS) is 17.5. The molecule has 1 aliphatic heterocycles. The van der Waals surface area contributed by atoms with E-state index in [9.17, 15) is 18.0 Å². The van der Waals surface area contributed by atoms with Gasteiger partial charge < -0.3 is 9.64 Å². The molecule has 26 heavy (non-hydrogen) atoms. The van der Waals surface area contributed by atoms with E-state index in [1.807, 2.05) is 17.5 Å². The minimum absolute atomic E-state index is 0.0402. The molecule has 8 heteroatoms. The topological polar surface area (TPSA) is 42.4 Å². The second-order valence-corrected chi connectivity index (χ2v) is 7.26. The molecule has 0 aromatic carbocycles. The first-order valence-electron chi connectivity index (χ1n) is 8.32. The van der Waals surface area contributed by atoms with E-state index < -0.39 is 11.9 Å². The predicted molar refractivity (Wildman–Crippen MR) is 92.0 cm³/mol. The van der Waals surface area contributed by atoms with E-state index in [1.54, 1.807) is 4.90 Å². The van der Waals surface area contributed by atoms with Gasteiger partial charge in [0.25, 0.3) is 5.91 Å². The molecule has 3 rings (SSSR count). The van der Waals surface area contributed by atoms with Gasteiger partial charge in [0, 0.05) is 18.0 Å². The number of thiophene rings is 1. The first kappa shape index (κ1) is 18.8. The van der Waals surface area contributed by atoms with Gasteiger partial charge in [0.1, 0.15) is 5.69 Å². The number of hydrogen-bond acceptors (Lipinski definition) is 4. The highest BCUT2D eigenvalue weighted by atomic mass is 32.1. The van der Waals surface area contributed by atoms with Crippen LogP contribution in [0.25, 0.3) is 0 Å². The molecule has 1 aliphatic rings. The standard InChI is InChI=1S/C18H19F3N2O2S/c1-12-15(6-7-16(22-12)18(19,20)21)17(24)23(10-13-4-2-8-25-13)11-14-5-3-9-26-14/h3,5-7,9,13H,2,4,8,10-11H2,1H3. The first-order chi connectivity index (χ1) is 12.3. The Labute approximate surface area is 153 Å². The maximum absolute atomic E-state index is 13.0. The molecule has 4 nitrogen and oxygen atoms in total. The Hall–Kier alpha value is -1.93. The number of aryl methyl sites for hydroxylation is 1. The van der Waals surface area contributed by atoms with Crippen LogP contribution in [-0.2, 0) is 17.5 Å². The molecule has 0 radical (unpaired) electrons. The maximum atomic E-state index is 13.0. The number of alkyl halides is 3. The quantitative estimate of drug-likeness (QED) is 0.772. The number of pyridine rings is 1. The monoisotopic (exact) mass is 384 g/mol. The van der Waals surface area contributed by atoms with E-state index in [-0.39, 0.29) is 23.3 Å². The lowest BCUT2D eigenvalue weighted by Crippen LogP contribution is -2.37. The summed E-state index contributed by atoms with van der Waals surface area (Å²) in [6.07, 6.45) is -2.74. The van der Waals surface area contributed by atoms with Crippen molar-refractivity contribution < 1.29 is 22.7 Å². The van der Waals surface area contributed by atoms with E-state index in [0.717, 1.165) is 23.8 Å². The molecular formula is C18H19F3N2O2S. The Balaban J connectivity index is 1.83. The molecule has 2 aromatic heterocycles. The number of rotatable bonds is 5. The van der Waals surface area contributed by atoms with Crippen LogP contribution in [0, 0.1) is 6.92 Å². The summed E-state index contributed by atoms with van der Waals surface area (Å²) in [4.78, 5) is 19.2. The van der Waals surface area contributed by atoms with Crippen molar-refractivity contribution in [2.24, 2.45) is 0 Å². The fraction of sp³-hybridized carbons (Fsp3) is 0.444. The molecule has 0 saturated carbocycles. The van der Waals surface area contributed by atoms with Gasteiger partial charge in [-0.15, -0.1) is 11.3 Å². The van der Waals surface area contributed by atoms with Crippen molar-refractivity contribution in [1.29, 1.82) is 0 Å². The Kier molecular flexibility index (Phi) is 5.62. The number of aromatic nitrogens is 1. The van der Waals surface area contributed by atoms with Crippen LogP contribution in [0.15, 0.2) is 29.6 Å². The molecule has 0 aliphatic carbocycles. The van der Waals surface area contributed by atoms with Crippen molar-refractivity contribution in [2.45, 2.75) is 38.6 Å². The van der Waals surface area contributed by atoms with Crippen molar-refractivity contribution >= 4 is 17.2 Å². The third-order valence-corrected chi connectivity index (χ3v) is 5.13. The molecule has 1 fully saturated rings. The summed E-state index contributed by atoms with van der Waals surface area (Å²) >= 11 is 1.53. The van der Waals surface area contributed by atoms with Gasteiger partial charge in [-0.25, -0.2) is 4.98 Å².